The van der Waals surface area contributed by atoms with Crippen LogP contribution in [0.4, 0.5) is 0 Å². The van der Waals surface area contributed by atoms with Crippen molar-refractivity contribution >= 4 is 11.7 Å². The van der Waals surface area contributed by atoms with Crippen molar-refractivity contribution in [2.75, 3.05) is 33.0 Å². The molecule has 0 aromatic heterocycles. The molecule has 1 saturated heterocycles. The molecule has 1 heterocycles. The van der Waals surface area contributed by atoms with Crippen LogP contribution in [0.15, 0.2) is 0 Å². The molecular weight excluding hydrogens is 488 g/mol. The number of carbonyl (C=O) groups is 2. The zero-order valence-electron chi connectivity index (χ0n) is 24.8. The highest BCUT2D eigenvalue weighted by molar-refractivity contribution is 5.89. The minimum atomic E-state index is 0.0403. The number of nitrogens with one attached hydrogen (secondary N) is 2. The molecule has 6 heteroatoms. The highest BCUT2D eigenvalue weighted by atomic mass is 16.5. The van der Waals surface area contributed by atoms with E-state index in [1.165, 1.54) is 96.3 Å². The first-order chi connectivity index (χ1) is 19.2. The molecule has 4 aliphatic rings. The molecule has 1 aliphatic heterocycles. The largest absolute Gasteiger partial charge is 0.379 e. The predicted octanol–water partition coefficient (Wildman–Crippen LogP) is 6.35. The molecule has 4 rings (SSSR count). The first-order valence-electron chi connectivity index (χ1n) is 16.9. The third-order valence-corrected chi connectivity index (χ3v) is 10.2. The molecule has 2 N–H and O–H groups in total. The standard InChI is InChI=1S/C33H58N2O4/c36-30(20-23-39-25-24-38-22-11-14-26-12-5-3-1-2-4-6-13-26)34-21-10-9-17-29-33(37)31-27-15-7-8-16-28(19-18-27)32(31)35-29/h26-29,31-32,35H,1-25H2,(H,34,36). The second-order valence-electron chi connectivity index (χ2n) is 13.1. The summed E-state index contributed by atoms with van der Waals surface area (Å²) < 4.78 is 11.4. The molecule has 0 spiro atoms. The van der Waals surface area contributed by atoms with Crippen LogP contribution in [0.1, 0.15) is 128 Å². The molecule has 5 unspecified atom stereocenters. The zero-order valence-corrected chi connectivity index (χ0v) is 24.8. The van der Waals surface area contributed by atoms with Crippen molar-refractivity contribution in [3.8, 4) is 0 Å². The van der Waals surface area contributed by atoms with Gasteiger partial charge in [0.05, 0.1) is 25.9 Å². The van der Waals surface area contributed by atoms with Crippen molar-refractivity contribution in [1.82, 2.24) is 10.6 Å². The Morgan fingerprint density at radius 1 is 0.718 bits per heavy atom. The Hall–Kier alpha value is -0.980. The van der Waals surface area contributed by atoms with Crippen LogP contribution in [0.3, 0.4) is 0 Å². The van der Waals surface area contributed by atoms with Crippen molar-refractivity contribution < 1.29 is 19.1 Å². The van der Waals surface area contributed by atoms with E-state index in [0.29, 0.717) is 56.4 Å². The first-order valence-corrected chi connectivity index (χ1v) is 16.9. The number of rotatable bonds is 15. The maximum Gasteiger partial charge on any atom is 0.222 e. The molecule has 2 bridgehead atoms. The van der Waals surface area contributed by atoms with E-state index in [2.05, 4.69) is 10.6 Å². The summed E-state index contributed by atoms with van der Waals surface area (Å²) in [5.74, 6) is 3.05. The summed E-state index contributed by atoms with van der Waals surface area (Å²) in [7, 11) is 0. The van der Waals surface area contributed by atoms with Gasteiger partial charge in [-0.3, -0.25) is 9.59 Å². The predicted molar refractivity (Wildman–Crippen MR) is 157 cm³/mol. The second kappa shape index (κ2) is 17.7. The van der Waals surface area contributed by atoms with E-state index >= 15 is 0 Å². The third-order valence-electron chi connectivity index (χ3n) is 10.2. The fourth-order valence-electron chi connectivity index (χ4n) is 8.01. The van der Waals surface area contributed by atoms with Crippen LogP contribution in [-0.4, -0.2) is 56.7 Å². The van der Waals surface area contributed by atoms with E-state index in [4.69, 9.17) is 9.47 Å². The van der Waals surface area contributed by atoms with Gasteiger partial charge in [-0.15, -0.1) is 0 Å². The Balaban J connectivity index is 0.947. The van der Waals surface area contributed by atoms with E-state index in [9.17, 15) is 9.59 Å². The summed E-state index contributed by atoms with van der Waals surface area (Å²) in [6.45, 7) is 3.13. The molecule has 0 radical (unpaired) electrons. The smallest absolute Gasteiger partial charge is 0.222 e. The lowest BCUT2D eigenvalue weighted by Crippen LogP contribution is -2.44. The van der Waals surface area contributed by atoms with Crippen LogP contribution in [0.25, 0.3) is 0 Å². The topological polar surface area (TPSA) is 76.7 Å². The molecule has 0 aromatic rings. The van der Waals surface area contributed by atoms with Crippen molar-refractivity contribution in [3.63, 3.8) is 0 Å². The van der Waals surface area contributed by atoms with Crippen LogP contribution in [-0.2, 0) is 19.1 Å². The van der Waals surface area contributed by atoms with Crippen LogP contribution in [0.5, 0.6) is 0 Å². The van der Waals surface area contributed by atoms with Crippen molar-refractivity contribution in [3.05, 3.63) is 0 Å². The number of unbranched alkanes of at least 4 members (excludes halogenated alkanes) is 1. The van der Waals surface area contributed by atoms with Gasteiger partial charge in [-0.1, -0.05) is 64.2 Å². The number of hydrogen-bond acceptors (Lipinski definition) is 5. The van der Waals surface area contributed by atoms with Gasteiger partial charge in [-0.05, 0) is 75.5 Å². The van der Waals surface area contributed by atoms with Crippen molar-refractivity contribution in [2.45, 2.75) is 141 Å². The van der Waals surface area contributed by atoms with Gasteiger partial charge >= 0.3 is 0 Å². The Labute approximate surface area is 238 Å². The lowest BCUT2D eigenvalue weighted by molar-refractivity contribution is -0.125. The molecule has 5 atom stereocenters. The molecule has 1 amide bonds. The quantitative estimate of drug-likeness (QED) is 0.234. The average molecular weight is 547 g/mol. The SMILES string of the molecule is O=C(CCOCCOCCCC1CCCCCCCC1)NCCCCC1NC2C3CCCCC(CC3)C2C1=O. The van der Waals surface area contributed by atoms with Crippen LogP contribution < -0.4 is 10.6 Å². The van der Waals surface area contributed by atoms with Gasteiger partial charge in [0, 0.05) is 31.5 Å². The highest BCUT2D eigenvalue weighted by Crippen LogP contribution is 2.45. The summed E-state index contributed by atoms with van der Waals surface area (Å²) >= 11 is 0. The van der Waals surface area contributed by atoms with Gasteiger partial charge in [0.15, 0.2) is 5.78 Å². The van der Waals surface area contributed by atoms with Gasteiger partial charge in [0.25, 0.3) is 0 Å². The molecule has 4 fully saturated rings. The van der Waals surface area contributed by atoms with Gasteiger partial charge < -0.3 is 20.1 Å². The number of ether oxygens (including phenoxy) is 2. The minimum Gasteiger partial charge on any atom is -0.379 e. The van der Waals surface area contributed by atoms with Gasteiger partial charge in [0.2, 0.25) is 5.91 Å². The maximum absolute atomic E-state index is 13.2. The second-order valence-corrected chi connectivity index (χ2v) is 13.1. The molecule has 224 valence electrons. The van der Waals surface area contributed by atoms with Gasteiger partial charge in [-0.2, -0.15) is 0 Å². The van der Waals surface area contributed by atoms with Crippen LogP contribution in [0.2, 0.25) is 0 Å². The lowest BCUT2D eigenvalue weighted by atomic mass is 9.65. The normalized spacial score (nSPS) is 30.2. The van der Waals surface area contributed by atoms with Crippen LogP contribution >= 0.6 is 0 Å². The summed E-state index contributed by atoms with van der Waals surface area (Å²) in [4.78, 5) is 25.3. The molecule has 0 aromatic carbocycles. The Kier molecular flexibility index (Phi) is 14.1. The molecule has 6 nitrogen and oxygen atoms in total. The molecule has 3 aliphatic carbocycles. The fraction of sp³-hybridized carbons (Fsp3) is 0.939. The van der Waals surface area contributed by atoms with E-state index in [1.807, 2.05) is 0 Å². The van der Waals surface area contributed by atoms with Gasteiger partial charge in [0.1, 0.15) is 0 Å². The first kappa shape index (κ1) is 31.0. The summed E-state index contributed by atoms with van der Waals surface area (Å²) in [5, 5.41) is 6.77. The van der Waals surface area contributed by atoms with E-state index < -0.39 is 0 Å². The fourth-order valence-corrected chi connectivity index (χ4v) is 8.01. The monoisotopic (exact) mass is 546 g/mol. The van der Waals surface area contributed by atoms with Crippen LogP contribution in [0, 0.1) is 23.7 Å². The Morgan fingerprint density at radius 2 is 1.38 bits per heavy atom. The average Bonchev–Trinajstić information content (AvgIpc) is 3.30. The summed E-state index contributed by atoms with van der Waals surface area (Å²) in [6, 6.07) is 0.477. The zero-order chi connectivity index (χ0) is 27.1. The highest BCUT2D eigenvalue weighted by Gasteiger charge is 2.50. The minimum absolute atomic E-state index is 0.0403. The number of carbonyl (C=O) groups excluding carboxylic acids is 2. The Bertz CT molecular complexity index is 702. The summed E-state index contributed by atoms with van der Waals surface area (Å²) in [5.41, 5.74) is 0. The molecular formula is C33H58N2O4. The van der Waals surface area contributed by atoms with E-state index in [-0.39, 0.29) is 17.9 Å². The lowest BCUT2D eigenvalue weighted by Gasteiger charge is -2.40. The molecule has 39 heavy (non-hydrogen) atoms. The number of Topliss-reactive ketones (excluding diaryl/α,β-unsaturated/α-hetero) is 1. The number of hydrogen-bond donors (Lipinski definition) is 2. The maximum atomic E-state index is 13.2. The number of amides is 1. The Morgan fingerprint density at radius 3 is 2.18 bits per heavy atom. The number of ketones is 1. The third kappa shape index (κ3) is 10.4. The van der Waals surface area contributed by atoms with Gasteiger partial charge in [-0.25, -0.2) is 0 Å². The van der Waals surface area contributed by atoms with Crippen molar-refractivity contribution in [2.24, 2.45) is 23.7 Å². The summed E-state index contributed by atoms with van der Waals surface area (Å²) in [6.07, 6.45) is 24.8. The molecule has 3 saturated carbocycles. The van der Waals surface area contributed by atoms with E-state index in [0.717, 1.165) is 38.2 Å². The van der Waals surface area contributed by atoms with E-state index in [1.54, 1.807) is 0 Å². The van der Waals surface area contributed by atoms with Crippen molar-refractivity contribution in [1.29, 1.82) is 0 Å².